The lowest BCUT2D eigenvalue weighted by Gasteiger charge is -2.20. The van der Waals surface area contributed by atoms with Gasteiger partial charge in [0.05, 0.1) is 0 Å². The summed E-state index contributed by atoms with van der Waals surface area (Å²) in [5.41, 5.74) is 4.34. The summed E-state index contributed by atoms with van der Waals surface area (Å²) in [4.78, 5) is 4.45. The molecule has 4 heteroatoms. The first-order valence-corrected chi connectivity index (χ1v) is 7.41. The van der Waals surface area contributed by atoms with Crippen molar-refractivity contribution in [2.24, 2.45) is 5.92 Å². The Labute approximate surface area is 120 Å². The molecule has 1 aromatic carbocycles. The van der Waals surface area contributed by atoms with Crippen LogP contribution in [0, 0.1) is 5.92 Å². The third-order valence-electron chi connectivity index (χ3n) is 3.82. The summed E-state index contributed by atoms with van der Waals surface area (Å²) in [6.07, 6.45) is 3.67. The molecule has 2 aromatic rings. The highest BCUT2D eigenvalue weighted by Gasteiger charge is 2.14. The molecule has 106 valence electrons. The number of hydrogen-bond donors (Lipinski definition) is 1. The molecule has 0 aliphatic carbocycles. The number of nitrogens with zero attached hydrogens (tertiary/aromatic N) is 3. The molecule has 2 heterocycles. The molecule has 20 heavy (non-hydrogen) atoms. The summed E-state index contributed by atoms with van der Waals surface area (Å²) in [5.74, 6) is 1.66. The predicted octanol–water partition coefficient (Wildman–Crippen LogP) is 2.17. The monoisotopic (exact) mass is 270 g/mol. The number of benzene rings is 1. The highest BCUT2D eigenvalue weighted by atomic mass is 15.3. The fourth-order valence-electron chi connectivity index (χ4n) is 2.87. The molecule has 0 saturated carbocycles. The Kier molecular flexibility index (Phi) is 3.83. The Bertz CT molecular complexity index is 586. The number of hydrogen-bond acceptors (Lipinski definition) is 3. The zero-order valence-electron chi connectivity index (χ0n) is 12.3. The van der Waals surface area contributed by atoms with Crippen LogP contribution in [-0.2, 0) is 25.9 Å². The van der Waals surface area contributed by atoms with Crippen molar-refractivity contribution >= 4 is 0 Å². The van der Waals surface area contributed by atoms with E-state index in [4.69, 9.17) is 0 Å². The molecule has 0 saturated heterocycles. The van der Waals surface area contributed by atoms with E-state index in [0.29, 0.717) is 5.92 Å². The van der Waals surface area contributed by atoms with Crippen molar-refractivity contribution in [3.8, 4) is 0 Å². The molecular weight excluding hydrogens is 248 g/mol. The Balaban J connectivity index is 1.86. The normalized spacial score (nSPS) is 14.6. The van der Waals surface area contributed by atoms with Gasteiger partial charge in [0, 0.05) is 19.5 Å². The second-order valence-corrected chi connectivity index (χ2v) is 5.91. The van der Waals surface area contributed by atoms with Crippen molar-refractivity contribution in [2.75, 3.05) is 6.54 Å². The van der Waals surface area contributed by atoms with Crippen LogP contribution >= 0.6 is 0 Å². The molecule has 1 N–H and O–H groups in total. The summed E-state index contributed by atoms with van der Waals surface area (Å²) in [5, 5.41) is 7.79. The maximum Gasteiger partial charge on any atom is 0.138 e. The van der Waals surface area contributed by atoms with Gasteiger partial charge in [-0.25, -0.2) is 9.67 Å². The van der Waals surface area contributed by atoms with Crippen molar-refractivity contribution in [1.29, 1.82) is 0 Å². The van der Waals surface area contributed by atoms with Gasteiger partial charge in [-0.2, -0.15) is 5.10 Å². The van der Waals surface area contributed by atoms with Crippen LogP contribution in [0.15, 0.2) is 24.5 Å². The molecule has 0 atom stereocenters. The SMILES string of the molecule is CC(C)Cn1ncnc1Cc1cccc2c1CCNC2. The molecule has 0 fully saturated rings. The standard InChI is InChI=1S/C16H22N4/c1-12(2)10-20-16(18-11-19-20)8-13-4-3-5-14-9-17-7-6-15(13)14/h3-5,11-12,17H,6-10H2,1-2H3. The summed E-state index contributed by atoms with van der Waals surface area (Å²) in [6, 6.07) is 6.62. The molecule has 1 aliphatic heterocycles. The minimum absolute atomic E-state index is 0.587. The fourth-order valence-corrected chi connectivity index (χ4v) is 2.87. The van der Waals surface area contributed by atoms with Crippen molar-refractivity contribution in [3.63, 3.8) is 0 Å². The first-order valence-electron chi connectivity index (χ1n) is 7.41. The van der Waals surface area contributed by atoms with E-state index in [0.717, 1.165) is 38.3 Å². The van der Waals surface area contributed by atoms with Crippen molar-refractivity contribution in [1.82, 2.24) is 20.1 Å². The van der Waals surface area contributed by atoms with Crippen LogP contribution in [0.25, 0.3) is 0 Å². The van der Waals surface area contributed by atoms with Gasteiger partial charge in [-0.1, -0.05) is 32.0 Å². The molecule has 0 bridgehead atoms. The average molecular weight is 270 g/mol. The van der Waals surface area contributed by atoms with Gasteiger partial charge in [0.2, 0.25) is 0 Å². The van der Waals surface area contributed by atoms with Gasteiger partial charge in [0.15, 0.2) is 0 Å². The van der Waals surface area contributed by atoms with Gasteiger partial charge in [0.25, 0.3) is 0 Å². The number of fused-ring (bicyclic) bond motifs is 1. The second kappa shape index (κ2) is 5.75. The Morgan fingerprint density at radius 2 is 2.25 bits per heavy atom. The molecule has 0 spiro atoms. The lowest BCUT2D eigenvalue weighted by molar-refractivity contribution is 0.468. The first kappa shape index (κ1) is 13.3. The van der Waals surface area contributed by atoms with E-state index < -0.39 is 0 Å². The van der Waals surface area contributed by atoms with Gasteiger partial charge in [0.1, 0.15) is 12.2 Å². The molecule has 1 aromatic heterocycles. The van der Waals surface area contributed by atoms with E-state index in [1.807, 2.05) is 4.68 Å². The van der Waals surface area contributed by atoms with E-state index in [9.17, 15) is 0 Å². The van der Waals surface area contributed by atoms with Crippen LogP contribution in [0.2, 0.25) is 0 Å². The van der Waals surface area contributed by atoms with Gasteiger partial charge >= 0.3 is 0 Å². The van der Waals surface area contributed by atoms with Crippen LogP contribution in [0.4, 0.5) is 0 Å². The summed E-state index contributed by atoms with van der Waals surface area (Å²) < 4.78 is 2.05. The minimum atomic E-state index is 0.587. The van der Waals surface area contributed by atoms with Gasteiger partial charge < -0.3 is 5.32 Å². The molecule has 1 aliphatic rings. The largest absolute Gasteiger partial charge is 0.312 e. The lowest BCUT2D eigenvalue weighted by atomic mass is 9.93. The maximum atomic E-state index is 4.45. The van der Waals surface area contributed by atoms with Crippen LogP contribution in [0.5, 0.6) is 0 Å². The molecule has 4 nitrogen and oxygen atoms in total. The molecule has 0 radical (unpaired) electrons. The Morgan fingerprint density at radius 1 is 1.35 bits per heavy atom. The Hall–Kier alpha value is -1.68. The van der Waals surface area contributed by atoms with Crippen molar-refractivity contribution in [2.45, 2.75) is 39.8 Å². The average Bonchev–Trinajstić information content (AvgIpc) is 2.86. The van der Waals surface area contributed by atoms with Crippen molar-refractivity contribution < 1.29 is 0 Å². The van der Waals surface area contributed by atoms with Crippen LogP contribution < -0.4 is 5.32 Å². The zero-order valence-corrected chi connectivity index (χ0v) is 12.3. The smallest absolute Gasteiger partial charge is 0.138 e. The highest BCUT2D eigenvalue weighted by Crippen LogP contribution is 2.21. The van der Waals surface area contributed by atoms with E-state index in [1.165, 1.54) is 16.7 Å². The lowest BCUT2D eigenvalue weighted by Crippen LogP contribution is -2.24. The second-order valence-electron chi connectivity index (χ2n) is 5.91. The van der Waals surface area contributed by atoms with Gasteiger partial charge in [-0.15, -0.1) is 0 Å². The van der Waals surface area contributed by atoms with Crippen LogP contribution in [-0.4, -0.2) is 21.3 Å². The molecule has 0 amide bonds. The number of rotatable bonds is 4. The summed E-state index contributed by atoms with van der Waals surface area (Å²) >= 11 is 0. The summed E-state index contributed by atoms with van der Waals surface area (Å²) in [7, 11) is 0. The van der Waals surface area contributed by atoms with E-state index in [2.05, 4.69) is 47.4 Å². The first-order chi connectivity index (χ1) is 9.74. The number of aromatic nitrogens is 3. The summed E-state index contributed by atoms with van der Waals surface area (Å²) in [6.45, 7) is 7.42. The number of nitrogens with one attached hydrogen (secondary N) is 1. The Morgan fingerprint density at radius 3 is 3.10 bits per heavy atom. The quantitative estimate of drug-likeness (QED) is 0.926. The van der Waals surface area contributed by atoms with Crippen LogP contribution in [0.1, 0.15) is 36.4 Å². The third-order valence-corrected chi connectivity index (χ3v) is 3.82. The topological polar surface area (TPSA) is 42.7 Å². The van der Waals surface area contributed by atoms with E-state index >= 15 is 0 Å². The zero-order chi connectivity index (χ0) is 13.9. The van der Waals surface area contributed by atoms with Gasteiger partial charge in [-0.3, -0.25) is 0 Å². The highest BCUT2D eigenvalue weighted by molar-refractivity contribution is 5.38. The molecular formula is C16H22N4. The molecule has 0 unspecified atom stereocenters. The fraction of sp³-hybridized carbons (Fsp3) is 0.500. The van der Waals surface area contributed by atoms with E-state index in [1.54, 1.807) is 6.33 Å². The van der Waals surface area contributed by atoms with Crippen LogP contribution in [0.3, 0.4) is 0 Å². The van der Waals surface area contributed by atoms with Crippen molar-refractivity contribution in [3.05, 3.63) is 47.0 Å². The third kappa shape index (κ3) is 2.75. The predicted molar refractivity (Wildman–Crippen MR) is 79.5 cm³/mol. The molecule has 3 rings (SSSR count). The van der Waals surface area contributed by atoms with Gasteiger partial charge in [-0.05, 0) is 35.6 Å². The minimum Gasteiger partial charge on any atom is -0.312 e. The maximum absolute atomic E-state index is 4.45. The van der Waals surface area contributed by atoms with E-state index in [-0.39, 0.29) is 0 Å².